The van der Waals surface area contributed by atoms with Crippen molar-refractivity contribution in [1.29, 1.82) is 0 Å². The minimum Gasteiger partial charge on any atom is -0.383 e. The van der Waals surface area contributed by atoms with E-state index in [9.17, 15) is 9.59 Å². The zero-order chi connectivity index (χ0) is 22.8. The van der Waals surface area contributed by atoms with Gasteiger partial charge in [-0.15, -0.1) is 11.3 Å². The quantitative estimate of drug-likeness (QED) is 0.466. The SMILES string of the molecule is COCCN(Cc1nc(C(=O)NCCc2ccccn2)cs1)C(=O)Nc1cccc(Cl)c1. The number of anilines is 1. The van der Waals surface area contributed by atoms with Crippen LogP contribution in [0, 0.1) is 0 Å². The minimum absolute atomic E-state index is 0.252. The Hall–Kier alpha value is -3.01. The average Bonchev–Trinajstić information content (AvgIpc) is 3.26. The fourth-order valence-electron chi connectivity index (χ4n) is 2.81. The number of hydrogen-bond donors (Lipinski definition) is 2. The maximum Gasteiger partial charge on any atom is 0.322 e. The molecule has 0 aliphatic carbocycles. The molecule has 0 radical (unpaired) electrons. The molecule has 3 rings (SSSR count). The molecule has 32 heavy (non-hydrogen) atoms. The lowest BCUT2D eigenvalue weighted by molar-refractivity contribution is 0.0949. The zero-order valence-electron chi connectivity index (χ0n) is 17.6. The Balaban J connectivity index is 1.56. The van der Waals surface area contributed by atoms with Gasteiger partial charge in [-0.1, -0.05) is 23.7 Å². The van der Waals surface area contributed by atoms with Crippen LogP contribution < -0.4 is 10.6 Å². The maximum atomic E-state index is 12.8. The van der Waals surface area contributed by atoms with E-state index in [1.54, 1.807) is 47.9 Å². The Bertz CT molecular complexity index is 1030. The number of carbonyl (C=O) groups excluding carboxylic acids is 2. The van der Waals surface area contributed by atoms with Crippen LogP contribution in [0.3, 0.4) is 0 Å². The summed E-state index contributed by atoms with van der Waals surface area (Å²) in [6, 6.07) is 12.3. The number of halogens is 1. The Morgan fingerprint density at radius 2 is 2.09 bits per heavy atom. The van der Waals surface area contributed by atoms with Crippen molar-refractivity contribution in [1.82, 2.24) is 20.2 Å². The van der Waals surface area contributed by atoms with Gasteiger partial charge in [0.15, 0.2) is 0 Å². The number of nitrogens with zero attached hydrogens (tertiary/aromatic N) is 3. The van der Waals surface area contributed by atoms with E-state index >= 15 is 0 Å². The molecule has 2 N–H and O–H groups in total. The Kier molecular flexibility index (Phi) is 8.97. The predicted octanol–water partition coefficient (Wildman–Crippen LogP) is 3.84. The second-order valence-electron chi connectivity index (χ2n) is 6.81. The van der Waals surface area contributed by atoms with Crippen molar-refractivity contribution in [3.05, 3.63) is 75.5 Å². The van der Waals surface area contributed by atoms with E-state index in [2.05, 4.69) is 20.6 Å². The van der Waals surface area contributed by atoms with Gasteiger partial charge in [-0.3, -0.25) is 9.78 Å². The molecule has 0 unspecified atom stereocenters. The molecule has 2 heterocycles. The van der Waals surface area contributed by atoms with Crippen LogP contribution in [-0.4, -0.2) is 53.6 Å². The third kappa shape index (κ3) is 7.30. The number of carbonyl (C=O) groups is 2. The standard InChI is InChI=1S/C22H24ClN5O3S/c1-31-12-11-28(22(30)26-18-7-4-5-16(23)13-18)14-20-27-19(15-32-20)21(29)25-10-8-17-6-2-3-9-24-17/h2-7,9,13,15H,8,10-12,14H2,1H3,(H,25,29)(H,26,30). The Morgan fingerprint density at radius 1 is 1.22 bits per heavy atom. The molecule has 0 aliphatic heterocycles. The summed E-state index contributed by atoms with van der Waals surface area (Å²) < 4.78 is 5.12. The van der Waals surface area contributed by atoms with Crippen molar-refractivity contribution >= 4 is 40.6 Å². The van der Waals surface area contributed by atoms with Crippen molar-refractivity contribution in [3.8, 4) is 0 Å². The summed E-state index contributed by atoms with van der Waals surface area (Å²) in [5.74, 6) is -0.254. The minimum atomic E-state index is -0.305. The second kappa shape index (κ2) is 12.1. The molecule has 0 fully saturated rings. The number of pyridine rings is 1. The molecule has 3 aromatic rings. The van der Waals surface area contributed by atoms with Gasteiger partial charge < -0.3 is 20.3 Å². The van der Waals surface area contributed by atoms with Crippen molar-refractivity contribution in [3.63, 3.8) is 0 Å². The van der Waals surface area contributed by atoms with E-state index in [1.165, 1.54) is 11.3 Å². The van der Waals surface area contributed by atoms with Gasteiger partial charge in [0.1, 0.15) is 10.7 Å². The molecule has 0 aliphatic rings. The summed E-state index contributed by atoms with van der Waals surface area (Å²) in [6.45, 7) is 1.45. The maximum absolute atomic E-state index is 12.8. The van der Waals surface area contributed by atoms with Gasteiger partial charge in [0.05, 0.1) is 13.2 Å². The van der Waals surface area contributed by atoms with Crippen molar-refractivity contribution in [2.45, 2.75) is 13.0 Å². The van der Waals surface area contributed by atoms with Gasteiger partial charge in [-0.25, -0.2) is 9.78 Å². The van der Waals surface area contributed by atoms with Crippen LogP contribution in [0.2, 0.25) is 5.02 Å². The van der Waals surface area contributed by atoms with Crippen molar-refractivity contribution in [2.75, 3.05) is 32.1 Å². The summed E-state index contributed by atoms with van der Waals surface area (Å²) in [6.07, 6.45) is 2.36. The molecule has 1 aromatic carbocycles. The monoisotopic (exact) mass is 473 g/mol. The molecule has 0 spiro atoms. The fraction of sp³-hybridized carbons (Fsp3) is 0.273. The number of rotatable bonds is 10. The highest BCUT2D eigenvalue weighted by Crippen LogP contribution is 2.17. The Morgan fingerprint density at radius 3 is 2.84 bits per heavy atom. The molecule has 3 amide bonds. The largest absolute Gasteiger partial charge is 0.383 e. The van der Waals surface area contributed by atoms with Crippen LogP contribution in [-0.2, 0) is 17.7 Å². The van der Waals surface area contributed by atoms with Crippen LogP contribution in [0.25, 0.3) is 0 Å². The smallest absolute Gasteiger partial charge is 0.322 e. The summed E-state index contributed by atoms with van der Waals surface area (Å²) in [7, 11) is 1.57. The van der Waals surface area contributed by atoms with Gasteiger partial charge in [0.2, 0.25) is 0 Å². The highest BCUT2D eigenvalue weighted by molar-refractivity contribution is 7.09. The molecule has 0 atom stereocenters. The summed E-state index contributed by atoms with van der Waals surface area (Å²) >= 11 is 7.32. The van der Waals surface area contributed by atoms with Gasteiger partial charge in [-0.05, 0) is 30.3 Å². The zero-order valence-corrected chi connectivity index (χ0v) is 19.2. The molecule has 0 bridgehead atoms. The van der Waals surface area contributed by atoms with Gasteiger partial charge in [0, 0.05) is 54.6 Å². The van der Waals surface area contributed by atoms with Crippen molar-refractivity contribution in [2.24, 2.45) is 0 Å². The summed E-state index contributed by atoms with van der Waals surface area (Å²) in [5, 5.41) is 8.54. The number of urea groups is 1. The number of ether oxygens (including phenoxy) is 1. The molecule has 2 aromatic heterocycles. The number of nitrogens with one attached hydrogen (secondary N) is 2. The first-order valence-corrected chi connectivity index (χ1v) is 11.2. The number of methoxy groups -OCH3 is 1. The van der Waals surface area contributed by atoms with Gasteiger partial charge in [0.25, 0.3) is 5.91 Å². The second-order valence-corrected chi connectivity index (χ2v) is 8.19. The van der Waals surface area contributed by atoms with Crippen molar-refractivity contribution < 1.29 is 14.3 Å². The van der Waals surface area contributed by atoms with E-state index in [1.807, 2.05) is 18.2 Å². The lowest BCUT2D eigenvalue weighted by atomic mass is 10.2. The first-order chi connectivity index (χ1) is 15.5. The average molecular weight is 474 g/mol. The molecule has 8 nitrogen and oxygen atoms in total. The third-order valence-electron chi connectivity index (χ3n) is 4.43. The third-order valence-corrected chi connectivity index (χ3v) is 5.50. The van der Waals surface area contributed by atoms with E-state index in [-0.39, 0.29) is 18.5 Å². The van der Waals surface area contributed by atoms with Crippen LogP contribution in [0.5, 0.6) is 0 Å². The lowest BCUT2D eigenvalue weighted by Gasteiger charge is -2.21. The number of benzene rings is 1. The van der Waals surface area contributed by atoms with Gasteiger partial charge in [-0.2, -0.15) is 0 Å². The summed E-state index contributed by atoms with van der Waals surface area (Å²) in [4.78, 5) is 35.4. The van der Waals surface area contributed by atoms with E-state index < -0.39 is 0 Å². The molecule has 0 saturated heterocycles. The first-order valence-electron chi connectivity index (χ1n) is 9.98. The number of amides is 3. The van der Waals surface area contributed by atoms with Gasteiger partial charge >= 0.3 is 6.03 Å². The highest BCUT2D eigenvalue weighted by atomic mass is 35.5. The van der Waals surface area contributed by atoms with E-state index in [0.29, 0.717) is 47.5 Å². The topological polar surface area (TPSA) is 96.4 Å². The highest BCUT2D eigenvalue weighted by Gasteiger charge is 2.18. The fourth-order valence-corrected chi connectivity index (χ4v) is 3.79. The van der Waals surface area contributed by atoms with E-state index in [0.717, 1.165) is 5.69 Å². The van der Waals surface area contributed by atoms with Crippen LogP contribution in [0.15, 0.2) is 54.0 Å². The van der Waals surface area contributed by atoms with Crippen LogP contribution >= 0.6 is 22.9 Å². The van der Waals surface area contributed by atoms with E-state index in [4.69, 9.17) is 16.3 Å². The predicted molar refractivity (Wildman–Crippen MR) is 125 cm³/mol. The normalized spacial score (nSPS) is 10.6. The number of aromatic nitrogens is 2. The molecular weight excluding hydrogens is 450 g/mol. The molecule has 10 heteroatoms. The molecule has 168 valence electrons. The first kappa shape index (κ1) is 23.6. The summed E-state index contributed by atoms with van der Waals surface area (Å²) in [5.41, 5.74) is 1.83. The lowest BCUT2D eigenvalue weighted by Crippen LogP contribution is -2.36. The molecular formula is C22H24ClN5O3S. The molecule has 0 saturated carbocycles. The number of hydrogen-bond acceptors (Lipinski definition) is 6. The Labute approximate surface area is 195 Å². The van der Waals surface area contributed by atoms with Crippen LogP contribution in [0.1, 0.15) is 21.2 Å². The number of thiazole rings is 1. The van der Waals surface area contributed by atoms with Crippen LogP contribution in [0.4, 0.5) is 10.5 Å².